The lowest BCUT2D eigenvalue weighted by molar-refractivity contribution is -0.104. The van der Waals surface area contributed by atoms with Gasteiger partial charge in [-0.25, -0.2) is 0 Å². The average molecular weight is 386 g/mol. The van der Waals surface area contributed by atoms with Gasteiger partial charge in [-0.15, -0.1) is 5.06 Å². The number of hydroxylamine groups is 2. The molecule has 0 unspecified atom stereocenters. The number of carbonyl (C=O) groups is 2. The first-order valence-corrected chi connectivity index (χ1v) is 10.1. The highest BCUT2D eigenvalue weighted by molar-refractivity contribution is 6.26. The van der Waals surface area contributed by atoms with E-state index in [4.69, 9.17) is 4.84 Å². The van der Waals surface area contributed by atoms with E-state index in [1.54, 1.807) is 6.07 Å². The van der Waals surface area contributed by atoms with E-state index >= 15 is 0 Å². The van der Waals surface area contributed by atoms with Crippen molar-refractivity contribution in [1.29, 1.82) is 0 Å². The second-order valence-corrected chi connectivity index (χ2v) is 7.57. The SMILES string of the molecule is O=C1c2cccc3c(N4CCCCC4)ccc(c23)C(=O)N1OCc1ccccc1. The normalized spacial score (nSPS) is 16.6. The molecule has 2 heterocycles. The summed E-state index contributed by atoms with van der Waals surface area (Å²) in [6.07, 6.45) is 3.59. The van der Waals surface area contributed by atoms with Gasteiger partial charge in [-0.05, 0) is 43.0 Å². The van der Waals surface area contributed by atoms with E-state index in [9.17, 15) is 9.59 Å². The van der Waals surface area contributed by atoms with Gasteiger partial charge in [0.15, 0.2) is 0 Å². The molecule has 0 N–H and O–H groups in total. The predicted octanol–water partition coefficient (Wildman–Crippen LogP) is 4.56. The number of amides is 2. The molecule has 5 rings (SSSR count). The van der Waals surface area contributed by atoms with Crippen LogP contribution in [0.1, 0.15) is 45.5 Å². The first kappa shape index (κ1) is 17.9. The molecule has 3 aromatic carbocycles. The second-order valence-electron chi connectivity index (χ2n) is 7.57. The molecular formula is C24H22N2O3. The van der Waals surface area contributed by atoms with Crippen molar-refractivity contribution in [2.75, 3.05) is 18.0 Å². The molecule has 2 amide bonds. The minimum absolute atomic E-state index is 0.162. The summed E-state index contributed by atoms with van der Waals surface area (Å²) < 4.78 is 0. The van der Waals surface area contributed by atoms with Gasteiger partial charge in [0.05, 0.1) is 11.1 Å². The second kappa shape index (κ2) is 7.33. The Labute approximate surface area is 169 Å². The van der Waals surface area contributed by atoms with Gasteiger partial charge in [0.25, 0.3) is 11.8 Å². The van der Waals surface area contributed by atoms with Crippen LogP contribution < -0.4 is 4.90 Å². The Morgan fingerprint density at radius 1 is 0.759 bits per heavy atom. The lowest BCUT2D eigenvalue weighted by Crippen LogP contribution is -2.40. The van der Waals surface area contributed by atoms with Crippen LogP contribution in [0.3, 0.4) is 0 Å². The number of carbonyl (C=O) groups excluding carboxylic acids is 2. The Morgan fingerprint density at radius 2 is 1.48 bits per heavy atom. The lowest BCUT2D eigenvalue weighted by Gasteiger charge is -2.32. The molecule has 0 saturated carbocycles. The number of rotatable bonds is 4. The molecule has 3 aromatic rings. The zero-order chi connectivity index (χ0) is 19.8. The minimum Gasteiger partial charge on any atom is -0.371 e. The first-order valence-electron chi connectivity index (χ1n) is 10.1. The summed E-state index contributed by atoms with van der Waals surface area (Å²) in [7, 11) is 0. The van der Waals surface area contributed by atoms with Crippen molar-refractivity contribution in [3.8, 4) is 0 Å². The van der Waals surface area contributed by atoms with Crippen molar-refractivity contribution in [2.45, 2.75) is 25.9 Å². The Kier molecular flexibility index (Phi) is 4.52. The van der Waals surface area contributed by atoms with Gasteiger partial charge in [-0.1, -0.05) is 42.5 Å². The molecule has 0 aromatic heterocycles. The van der Waals surface area contributed by atoms with E-state index in [2.05, 4.69) is 4.90 Å². The summed E-state index contributed by atoms with van der Waals surface area (Å²) in [5.41, 5.74) is 3.04. The quantitative estimate of drug-likeness (QED) is 0.617. The standard InChI is InChI=1S/C24H22N2O3/c27-23-19-11-7-10-18-21(25-14-5-2-6-15-25)13-12-20(22(18)19)24(28)26(23)29-16-17-8-3-1-4-9-17/h1,3-4,7-13H,2,5-6,14-16H2. The van der Waals surface area contributed by atoms with Crippen LogP contribution in [0.25, 0.3) is 10.8 Å². The van der Waals surface area contributed by atoms with E-state index in [1.165, 1.54) is 19.3 Å². The van der Waals surface area contributed by atoms with Crippen molar-refractivity contribution >= 4 is 28.3 Å². The Morgan fingerprint density at radius 3 is 2.24 bits per heavy atom. The molecule has 0 radical (unpaired) electrons. The van der Waals surface area contributed by atoms with Crippen LogP contribution in [0, 0.1) is 0 Å². The molecule has 5 heteroatoms. The van der Waals surface area contributed by atoms with Gasteiger partial charge < -0.3 is 4.90 Å². The summed E-state index contributed by atoms with van der Waals surface area (Å²) >= 11 is 0. The summed E-state index contributed by atoms with van der Waals surface area (Å²) in [5, 5.41) is 2.61. The summed E-state index contributed by atoms with van der Waals surface area (Å²) in [5.74, 6) is -0.806. The summed E-state index contributed by atoms with van der Waals surface area (Å²) in [6, 6.07) is 19.0. The topological polar surface area (TPSA) is 49.9 Å². The molecule has 0 aliphatic carbocycles. The van der Waals surface area contributed by atoms with Crippen LogP contribution in [0.5, 0.6) is 0 Å². The summed E-state index contributed by atoms with van der Waals surface area (Å²) in [6.45, 7) is 2.18. The molecule has 1 fully saturated rings. The van der Waals surface area contributed by atoms with Crippen LogP contribution >= 0.6 is 0 Å². The van der Waals surface area contributed by atoms with E-state index in [-0.39, 0.29) is 6.61 Å². The number of piperidine rings is 1. The average Bonchev–Trinajstić information content (AvgIpc) is 2.78. The van der Waals surface area contributed by atoms with Crippen molar-refractivity contribution in [2.24, 2.45) is 0 Å². The van der Waals surface area contributed by atoms with Crippen molar-refractivity contribution in [1.82, 2.24) is 5.06 Å². The van der Waals surface area contributed by atoms with Crippen LogP contribution in [-0.4, -0.2) is 30.0 Å². The first-order chi connectivity index (χ1) is 14.2. The number of benzene rings is 3. The third kappa shape index (κ3) is 3.08. The zero-order valence-corrected chi connectivity index (χ0v) is 16.1. The third-order valence-corrected chi connectivity index (χ3v) is 5.75. The molecule has 0 atom stereocenters. The molecule has 146 valence electrons. The predicted molar refractivity (Wildman–Crippen MR) is 112 cm³/mol. The number of hydrogen-bond donors (Lipinski definition) is 0. The van der Waals surface area contributed by atoms with Crippen molar-refractivity contribution in [3.05, 3.63) is 77.4 Å². The molecule has 29 heavy (non-hydrogen) atoms. The van der Waals surface area contributed by atoms with Crippen LogP contribution in [0.4, 0.5) is 5.69 Å². The van der Waals surface area contributed by atoms with E-state index in [0.717, 1.165) is 40.2 Å². The Balaban J connectivity index is 1.52. The monoisotopic (exact) mass is 386 g/mol. The van der Waals surface area contributed by atoms with E-state index in [1.807, 2.05) is 54.6 Å². The largest absolute Gasteiger partial charge is 0.371 e. The van der Waals surface area contributed by atoms with Gasteiger partial charge in [0.1, 0.15) is 6.61 Å². The van der Waals surface area contributed by atoms with E-state index < -0.39 is 11.8 Å². The number of imide groups is 1. The summed E-state index contributed by atoms with van der Waals surface area (Å²) in [4.78, 5) is 34.2. The number of hydrogen-bond acceptors (Lipinski definition) is 4. The molecule has 0 spiro atoms. The highest BCUT2D eigenvalue weighted by Gasteiger charge is 2.35. The zero-order valence-electron chi connectivity index (χ0n) is 16.1. The fourth-order valence-electron chi connectivity index (χ4n) is 4.30. The van der Waals surface area contributed by atoms with E-state index in [0.29, 0.717) is 11.1 Å². The van der Waals surface area contributed by atoms with Gasteiger partial charge >= 0.3 is 0 Å². The molecular weight excluding hydrogens is 364 g/mol. The molecule has 0 bridgehead atoms. The van der Waals surface area contributed by atoms with Crippen molar-refractivity contribution < 1.29 is 14.4 Å². The van der Waals surface area contributed by atoms with Gasteiger partial charge in [-0.3, -0.25) is 14.4 Å². The third-order valence-electron chi connectivity index (χ3n) is 5.75. The Bertz CT molecular complexity index is 1070. The van der Waals surface area contributed by atoms with Gasteiger partial charge in [-0.2, -0.15) is 0 Å². The maximum Gasteiger partial charge on any atom is 0.285 e. The van der Waals surface area contributed by atoms with Crippen LogP contribution in [0.15, 0.2) is 60.7 Å². The van der Waals surface area contributed by atoms with Gasteiger partial charge in [0, 0.05) is 29.5 Å². The number of anilines is 1. The highest BCUT2D eigenvalue weighted by Crippen LogP contribution is 2.37. The van der Waals surface area contributed by atoms with Crippen LogP contribution in [0.2, 0.25) is 0 Å². The van der Waals surface area contributed by atoms with Crippen molar-refractivity contribution in [3.63, 3.8) is 0 Å². The fourth-order valence-corrected chi connectivity index (χ4v) is 4.30. The molecule has 2 aliphatic heterocycles. The maximum absolute atomic E-state index is 13.1. The van der Waals surface area contributed by atoms with Gasteiger partial charge in [0.2, 0.25) is 0 Å². The molecule has 5 nitrogen and oxygen atoms in total. The maximum atomic E-state index is 13.1. The minimum atomic E-state index is -0.403. The molecule has 1 saturated heterocycles. The smallest absolute Gasteiger partial charge is 0.285 e. The number of nitrogens with zero attached hydrogens (tertiary/aromatic N) is 2. The Hall–Kier alpha value is -3.18. The lowest BCUT2D eigenvalue weighted by atomic mass is 9.93. The highest BCUT2D eigenvalue weighted by atomic mass is 16.7. The van der Waals surface area contributed by atoms with Crippen LogP contribution in [-0.2, 0) is 11.4 Å². The molecule has 2 aliphatic rings. The fraction of sp³-hybridized carbons (Fsp3) is 0.250.